The molecule has 2 heterocycles. The molecule has 0 atom stereocenters. The van der Waals surface area contributed by atoms with E-state index in [4.69, 9.17) is 0 Å². The summed E-state index contributed by atoms with van der Waals surface area (Å²) in [6.07, 6.45) is 6.22. The van der Waals surface area contributed by atoms with Gasteiger partial charge in [0.25, 0.3) is 0 Å². The first-order valence-electron chi connectivity index (χ1n) is 7.70. The SMILES string of the molecule is CCNc1cnc(CN(C)C2CCN(CC)CC2)cn1. The zero-order chi connectivity index (χ0) is 14.4. The second kappa shape index (κ2) is 7.55. The Bertz CT molecular complexity index is 384. The highest BCUT2D eigenvalue weighted by atomic mass is 15.2. The Kier molecular flexibility index (Phi) is 5.73. The van der Waals surface area contributed by atoms with Gasteiger partial charge in [0.1, 0.15) is 5.82 Å². The van der Waals surface area contributed by atoms with E-state index in [1.807, 2.05) is 12.4 Å². The Labute approximate surface area is 122 Å². The van der Waals surface area contributed by atoms with Crippen molar-refractivity contribution >= 4 is 5.82 Å². The minimum Gasteiger partial charge on any atom is -0.369 e. The van der Waals surface area contributed by atoms with Crippen LogP contribution in [0.25, 0.3) is 0 Å². The third-order valence-electron chi connectivity index (χ3n) is 4.10. The van der Waals surface area contributed by atoms with Crippen molar-refractivity contribution in [2.24, 2.45) is 0 Å². The van der Waals surface area contributed by atoms with Gasteiger partial charge in [-0.1, -0.05) is 6.92 Å². The molecule has 112 valence electrons. The summed E-state index contributed by atoms with van der Waals surface area (Å²) in [5.41, 5.74) is 1.05. The van der Waals surface area contributed by atoms with E-state index in [1.54, 1.807) is 0 Å². The van der Waals surface area contributed by atoms with Gasteiger partial charge in [0, 0.05) is 19.1 Å². The van der Waals surface area contributed by atoms with Crippen LogP contribution in [0.2, 0.25) is 0 Å². The normalized spacial score (nSPS) is 17.6. The molecule has 1 aliphatic rings. The average Bonchev–Trinajstić information content (AvgIpc) is 2.49. The van der Waals surface area contributed by atoms with Gasteiger partial charge in [-0.25, -0.2) is 4.98 Å². The van der Waals surface area contributed by atoms with Crippen molar-refractivity contribution in [2.75, 3.05) is 38.5 Å². The first-order valence-corrected chi connectivity index (χ1v) is 7.70. The maximum absolute atomic E-state index is 4.49. The number of rotatable bonds is 6. The van der Waals surface area contributed by atoms with Crippen LogP contribution in [0.1, 0.15) is 32.4 Å². The quantitative estimate of drug-likeness (QED) is 0.859. The molecular formula is C15H27N5. The topological polar surface area (TPSA) is 44.3 Å². The number of piperidine rings is 1. The Balaban J connectivity index is 1.83. The summed E-state index contributed by atoms with van der Waals surface area (Å²) < 4.78 is 0. The maximum Gasteiger partial charge on any atom is 0.144 e. The largest absolute Gasteiger partial charge is 0.369 e. The van der Waals surface area contributed by atoms with Gasteiger partial charge in [-0.2, -0.15) is 0 Å². The van der Waals surface area contributed by atoms with Gasteiger partial charge in [0.2, 0.25) is 0 Å². The average molecular weight is 277 g/mol. The molecule has 0 amide bonds. The molecule has 0 saturated carbocycles. The van der Waals surface area contributed by atoms with E-state index in [0.29, 0.717) is 6.04 Å². The Morgan fingerprint density at radius 2 is 2.00 bits per heavy atom. The fourth-order valence-corrected chi connectivity index (χ4v) is 2.77. The van der Waals surface area contributed by atoms with Gasteiger partial charge in [-0.15, -0.1) is 0 Å². The van der Waals surface area contributed by atoms with Crippen LogP contribution in [-0.4, -0.2) is 59.0 Å². The van der Waals surface area contributed by atoms with Crippen LogP contribution >= 0.6 is 0 Å². The molecule has 1 aromatic heterocycles. The molecule has 0 unspecified atom stereocenters. The lowest BCUT2D eigenvalue weighted by molar-refractivity contribution is 0.126. The summed E-state index contributed by atoms with van der Waals surface area (Å²) in [6, 6.07) is 0.674. The monoisotopic (exact) mass is 277 g/mol. The number of anilines is 1. The molecule has 0 radical (unpaired) electrons. The van der Waals surface area contributed by atoms with E-state index in [0.717, 1.165) is 24.6 Å². The summed E-state index contributed by atoms with van der Waals surface area (Å²) >= 11 is 0. The molecule has 0 aliphatic carbocycles. The molecule has 0 bridgehead atoms. The van der Waals surface area contributed by atoms with Gasteiger partial charge >= 0.3 is 0 Å². The number of aromatic nitrogens is 2. The van der Waals surface area contributed by atoms with Crippen LogP contribution in [0, 0.1) is 0 Å². The molecule has 1 saturated heterocycles. The lowest BCUT2D eigenvalue weighted by atomic mass is 10.0. The molecule has 1 N–H and O–H groups in total. The molecule has 1 aliphatic heterocycles. The highest BCUT2D eigenvalue weighted by Gasteiger charge is 2.21. The van der Waals surface area contributed by atoms with Gasteiger partial charge in [-0.3, -0.25) is 9.88 Å². The second-order valence-electron chi connectivity index (χ2n) is 5.50. The van der Waals surface area contributed by atoms with Crippen LogP contribution in [0.3, 0.4) is 0 Å². The van der Waals surface area contributed by atoms with Crippen molar-refractivity contribution in [1.82, 2.24) is 19.8 Å². The molecule has 5 nitrogen and oxygen atoms in total. The number of nitrogens with zero attached hydrogens (tertiary/aromatic N) is 4. The minimum atomic E-state index is 0.674. The lowest BCUT2D eigenvalue weighted by Gasteiger charge is -2.36. The minimum absolute atomic E-state index is 0.674. The summed E-state index contributed by atoms with van der Waals surface area (Å²) in [5, 5.41) is 3.17. The Morgan fingerprint density at radius 1 is 1.25 bits per heavy atom. The van der Waals surface area contributed by atoms with Crippen molar-refractivity contribution in [1.29, 1.82) is 0 Å². The molecule has 2 rings (SSSR count). The van der Waals surface area contributed by atoms with Gasteiger partial charge in [-0.05, 0) is 46.4 Å². The fraction of sp³-hybridized carbons (Fsp3) is 0.733. The van der Waals surface area contributed by atoms with E-state index in [-0.39, 0.29) is 0 Å². The number of hydrogen-bond acceptors (Lipinski definition) is 5. The van der Waals surface area contributed by atoms with Gasteiger partial charge < -0.3 is 10.2 Å². The molecule has 5 heteroatoms. The highest BCUT2D eigenvalue weighted by Crippen LogP contribution is 2.16. The summed E-state index contributed by atoms with van der Waals surface area (Å²) in [4.78, 5) is 13.8. The van der Waals surface area contributed by atoms with E-state index >= 15 is 0 Å². The van der Waals surface area contributed by atoms with E-state index in [2.05, 4.69) is 46.0 Å². The summed E-state index contributed by atoms with van der Waals surface area (Å²) in [7, 11) is 2.20. The van der Waals surface area contributed by atoms with Crippen LogP contribution in [0.15, 0.2) is 12.4 Å². The van der Waals surface area contributed by atoms with Crippen molar-refractivity contribution in [3.8, 4) is 0 Å². The Morgan fingerprint density at radius 3 is 2.55 bits per heavy atom. The smallest absolute Gasteiger partial charge is 0.144 e. The lowest BCUT2D eigenvalue weighted by Crippen LogP contribution is -2.43. The molecule has 20 heavy (non-hydrogen) atoms. The number of likely N-dealkylation sites (tertiary alicyclic amines) is 1. The predicted octanol–water partition coefficient (Wildman–Crippen LogP) is 1.82. The first-order chi connectivity index (χ1) is 9.72. The van der Waals surface area contributed by atoms with Crippen molar-refractivity contribution < 1.29 is 0 Å². The molecule has 0 aromatic carbocycles. The fourth-order valence-electron chi connectivity index (χ4n) is 2.77. The third kappa shape index (κ3) is 4.15. The number of hydrogen-bond donors (Lipinski definition) is 1. The van der Waals surface area contributed by atoms with Gasteiger partial charge in [0.05, 0.1) is 18.1 Å². The van der Waals surface area contributed by atoms with Crippen molar-refractivity contribution in [3.05, 3.63) is 18.1 Å². The standard InChI is InChI=1S/C15H27N5/c1-4-16-15-11-17-13(10-18-15)12-19(3)14-6-8-20(5-2)9-7-14/h10-11,14H,4-9,12H2,1-3H3,(H,16,18). The predicted molar refractivity (Wildman–Crippen MR) is 82.8 cm³/mol. The molecular weight excluding hydrogens is 250 g/mol. The van der Waals surface area contributed by atoms with Crippen LogP contribution in [0.4, 0.5) is 5.82 Å². The van der Waals surface area contributed by atoms with Crippen molar-refractivity contribution in [3.63, 3.8) is 0 Å². The van der Waals surface area contributed by atoms with Gasteiger partial charge in [0.15, 0.2) is 0 Å². The first kappa shape index (κ1) is 15.2. The Hall–Kier alpha value is -1.20. The zero-order valence-electron chi connectivity index (χ0n) is 13.0. The molecule has 1 fully saturated rings. The van der Waals surface area contributed by atoms with Crippen LogP contribution < -0.4 is 5.32 Å². The van der Waals surface area contributed by atoms with Crippen LogP contribution in [-0.2, 0) is 6.54 Å². The zero-order valence-corrected chi connectivity index (χ0v) is 13.0. The van der Waals surface area contributed by atoms with E-state index < -0.39 is 0 Å². The van der Waals surface area contributed by atoms with Crippen molar-refractivity contribution in [2.45, 2.75) is 39.3 Å². The van der Waals surface area contributed by atoms with E-state index in [1.165, 1.54) is 32.5 Å². The van der Waals surface area contributed by atoms with Crippen LogP contribution in [0.5, 0.6) is 0 Å². The summed E-state index contributed by atoms with van der Waals surface area (Å²) in [5.74, 6) is 0.857. The second-order valence-corrected chi connectivity index (χ2v) is 5.50. The molecule has 0 spiro atoms. The molecule has 1 aromatic rings. The summed E-state index contributed by atoms with van der Waals surface area (Å²) in [6.45, 7) is 9.68. The maximum atomic E-state index is 4.49. The number of nitrogens with one attached hydrogen (secondary N) is 1. The third-order valence-corrected chi connectivity index (χ3v) is 4.10. The van der Waals surface area contributed by atoms with E-state index in [9.17, 15) is 0 Å². The highest BCUT2D eigenvalue weighted by molar-refractivity contribution is 5.30.